The van der Waals surface area contributed by atoms with Crippen LogP contribution >= 0.6 is 0 Å². The maximum absolute atomic E-state index is 12.9. The molecule has 0 fully saturated rings. The van der Waals surface area contributed by atoms with E-state index in [0.29, 0.717) is 24.2 Å². The zero-order chi connectivity index (χ0) is 18.1. The van der Waals surface area contributed by atoms with Crippen LogP contribution in [0.3, 0.4) is 0 Å². The van der Waals surface area contributed by atoms with Crippen LogP contribution in [0.2, 0.25) is 0 Å². The van der Waals surface area contributed by atoms with Crippen LogP contribution in [0.15, 0.2) is 66.7 Å². The van der Waals surface area contributed by atoms with E-state index >= 15 is 0 Å². The molecule has 0 radical (unpaired) electrons. The first-order chi connectivity index (χ1) is 12.6. The number of carbonyl (C=O) groups excluding carboxylic acids is 1. The fourth-order valence-corrected chi connectivity index (χ4v) is 3.68. The first-order valence-electron chi connectivity index (χ1n) is 8.77. The summed E-state index contributed by atoms with van der Waals surface area (Å²) in [6, 6.07) is 21.1. The molecular formula is C22H19NO3. The molecule has 0 amide bonds. The molecule has 4 rings (SSSR count). The highest BCUT2D eigenvalue weighted by molar-refractivity contribution is 6.08. The molecule has 4 heteroatoms. The van der Waals surface area contributed by atoms with Gasteiger partial charge in [0.1, 0.15) is 0 Å². The standard InChI is InChI=1S/C22H19NO3/c24-21(17-10-8-16(9-11-17)15-5-2-1-3-6-15)20-13-12-19-18(22(25)26)7-4-14-23(19)20/h1-3,5-6,8-13,18H,4,7,14H2,(H,25,26). The van der Waals surface area contributed by atoms with Crippen molar-refractivity contribution in [3.8, 4) is 11.1 Å². The average molecular weight is 345 g/mol. The molecule has 1 aromatic heterocycles. The Balaban J connectivity index is 1.64. The van der Waals surface area contributed by atoms with Crippen LogP contribution in [0.25, 0.3) is 11.1 Å². The van der Waals surface area contributed by atoms with Gasteiger partial charge in [-0.25, -0.2) is 0 Å². The summed E-state index contributed by atoms with van der Waals surface area (Å²) in [5, 5.41) is 9.39. The Labute approximate surface area is 151 Å². The molecule has 2 heterocycles. The molecule has 0 bridgehead atoms. The van der Waals surface area contributed by atoms with Gasteiger partial charge < -0.3 is 9.67 Å². The van der Waals surface area contributed by atoms with Gasteiger partial charge in [0, 0.05) is 17.8 Å². The van der Waals surface area contributed by atoms with E-state index in [4.69, 9.17) is 0 Å². The second-order valence-corrected chi connectivity index (χ2v) is 6.60. The van der Waals surface area contributed by atoms with E-state index in [0.717, 1.165) is 23.2 Å². The fourth-order valence-electron chi connectivity index (χ4n) is 3.68. The van der Waals surface area contributed by atoms with Gasteiger partial charge in [-0.3, -0.25) is 9.59 Å². The van der Waals surface area contributed by atoms with Crippen LogP contribution in [-0.2, 0) is 11.3 Å². The number of ketones is 1. The molecule has 2 aromatic carbocycles. The summed E-state index contributed by atoms with van der Waals surface area (Å²) in [7, 11) is 0. The van der Waals surface area contributed by atoms with Crippen molar-refractivity contribution in [3.05, 3.63) is 83.7 Å². The number of carboxylic acid groups (broad SMARTS) is 1. The Kier molecular flexibility index (Phi) is 4.17. The van der Waals surface area contributed by atoms with Gasteiger partial charge in [-0.05, 0) is 36.1 Å². The van der Waals surface area contributed by atoms with E-state index in [9.17, 15) is 14.7 Å². The lowest BCUT2D eigenvalue weighted by Gasteiger charge is -2.23. The Morgan fingerprint density at radius 3 is 2.27 bits per heavy atom. The van der Waals surface area contributed by atoms with Crippen LogP contribution in [0.4, 0.5) is 0 Å². The van der Waals surface area contributed by atoms with E-state index < -0.39 is 11.9 Å². The van der Waals surface area contributed by atoms with Gasteiger partial charge in [0.2, 0.25) is 5.78 Å². The number of carboxylic acids is 1. The average Bonchev–Trinajstić information content (AvgIpc) is 3.12. The number of aliphatic carboxylic acids is 1. The van der Waals surface area contributed by atoms with E-state index in [-0.39, 0.29) is 5.78 Å². The van der Waals surface area contributed by atoms with Crippen LogP contribution in [-0.4, -0.2) is 21.4 Å². The van der Waals surface area contributed by atoms with Crippen molar-refractivity contribution >= 4 is 11.8 Å². The SMILES string of the molecule is O=C(c1ccc(-c2ccccc2)cc1)c1ccc2n1CCCC2C(=O)O. The summed E-state index contributed by atoms with van der Waals surface area (Å²) in [4.78, 5) is 24.4. The number of hydrogen-bond donors (Lipinski definition) is 1. The van der Waals surface area contributed by atoms with Gasteiger partial charge in [-0.2, -0.15) is 0 Å². The molecule has 26 heavy (non-hydrogen) atoms. The molecule has 0 aliphatic carbocycles. The summed E-state index contributed by atoms with van der Waals surface area (Å²) in [6.45, 7) is 0.690. The minimum Gasteiger partial charge on any atom is -0.481 e. The highest BCUT2D eigenvalue weighted by atomic mass is 16.4. The lowest BCUT2D eigenvalue weighted by Crippen LogP contribution is -2.23. The number of carbonyl (C=O) groups is 2. The molecule has 1 atom stereocenters. The third-order valence-corrected chi connectivity index (χ3v) is 5.03. The molecule has 1 aliphatic rings. The lowest BCUT2D eigenvalue weighted by molar-refractivity contribution is -0.139. The predicted molar refractivity (Wildman–Crippen MR) is 99.4 cm³/mol. The number of rotatable bonds is 4. The number of aromatic nitrogens is 1. The zero-order valence-corrected chi connectivity index (χ0v) is 14.3. The van der Waals surface area contributed by atoms with Crippen molar-refractivity contribution < 1.29 is 14.7 Å². The van der Waals surface area contributed by atoms with Gasteiger partial charge in [0.05, 0.1) is 11.6 Å². The van der Waals surface area contributed by atoms with Gasteiger partial charge in [0.15, 0.2) is 0 Å². The van der Waals surface area contributed by atoms with Gasteiger partial charge in [0.25, 0.3) is 0 Å². The van der Waals surface area contributed by atoms with Crippen molar-refractivity contribution in [2.45, 2.75) is 25.3 Å². The minimum atomic E-state index is -0.824. The Morgan fingerprint density at radius 1 is 0.885 bits per heavy atom. The zero-order valence-electron chi connectivity index (χ0n) is 14.3. The quantitative estimate of drug-likeness (QED) is 0.715. The molecule has 130 valence electrons. The maximum atomic E-state index is 12.9. The summed E-state index contributed by atoms with van der Waals surface area (Å²) < 4.78 is 1.87. The van der Waals surface area contributed by atoms with E-state index in [2.05, 4.69) is 0 Å². The minimum absolute atomic E-state index is 0.0677. The molecule has 1 N–H and O–H groups in total. The summed E-state index contributed by atoms with van der Waals surface area (Å²) in [5.41, 5.74) is 4.08. The molecule has 1 aliphatic heterocycles. The van der Waals surface area contributed by atoms with Crippen LogP contribution in [0.5, 0.6) is 0 Å². The highest BCUT2D eigenvalue weighted by Crippen LogP contribution is 2.30. The van der Waals surface area contributed by atoms with Crippen LogP contribution in [0, 0.1) is 0 Å². The molecule has 3 aromatic rings. The van der Waals surface area contributed by atoms with Gasteiger partial charge in [-0.15, -0.1) is 0 Å². The van der Waals surface area contributed by atoms with Crippen LogP contribution < -0.4 is 0 Å². The number of benzene rings is 2. The number of fused-ring (bicyclic) bond motifs is 1. The van der Waals surface area contributed by atoms with Gasteiger partial charge in [-0.1, -0.05) is 54.6 Å². The number of hydrogen-bond acceptors (Lipinski definition) is 2. The van der Waals surface area contributed by atoms with Crippen molar-refractivity contribution in [2.24, 2.45) is 0 Å². The second kappa shape index (κ2) is 6.64. The smallest absolute Gasteiger partial charge is 0.312 e. The Hall–Kier alpha value is -3.14. The monoisotopic (exact) mass is 345 g/mol. The van der Waals surface area contributed by atoms with Gasteiger partial charge >= 0.3 is 5.97 Å². The summed E-state index contributed by atoms with van der Waals surface area (Å²) in [6.07, 6.45) is 1.39. The molecule has 0 saturated heterocycles. The van der Waals surface area contributed by atoms with E-state index in [1.807, 2.05) is 59.2 Å². The Bertz CT molecular complexity index is 955. The first-order valence-corrected chi connectivity index (χ1v) is 8.77. The fraction of sp³-hybridized carbons (Fsp3) is 0.182. The third kappa shape index (κ3) is 2.84. The summed E-state index contributed by atoms with van der Waals surface area (Å²) in [5.74, 6) is -1.41. The Morgan fingerprint density at radius 2 is 1.58 bits per heavy atom. The van der Waals surface area contributed by atoms with Crippen molar-refractivity contribution in [2.75, 3.05) is 0 Å². The largest absolute Gasteiger partial charge is 0.481 e. The third-order valence-electron chi connectivity index (χ3n) is 5.03. The van der Waals surface area contributed by atoms with E-state index in [1.54, 1.807) is 12.1 Å². The number of nitrogens with zero attached hydrogens (tertiary/aromatic N) is 1. The molecule has 1 unspecified atom stereocenters. The normalized spacial score (nSPS) is 16.1. The predicted octanol–water partition coefficient (Wildman–Crippen LogP) is 4.35. The molecule has 0 saturated carbocycles. The maximum Gasteiger partial charge on any atom is 0.312 e. The highest BCUT2D eigenvalue weighted by Gasteiger charge is 2.29. The molecule has 4 nitrogen and oxygen atoms in total. The van der Waals surface area contributed by atoms with Crippen LogP contribution in [0.1, 0.15) is 40.5 Å². The first kappa shape index (κ1) is 16.3. The topological polar surface area (TPSA) is 59.3 Å². The molecular weight excluding hydrogens is 326 g/mol. The molecule has 0 spiro atoms. The lowest BCUT2D eigenvalue weighted by atomic mass is 9.96. The van der Waals surface area contributed by atoms with Crippen molar-refractivity contribution in [1.82, 2.24) is 4.57 Å². The van der Waals surface area contributed by atoms with Crippen molar-refractivity contribution in [3.63, 3.8) is 0 Å². The van der Waals surface area contributed by atoms with E-state index in [1.165, 1.54) is 0 Å². The summed E-state index contributed by atoms with van der Waals surface area (Å²) >= 11 is 0. The van der Waals surface area contributed by atoms with Crippen molar-refractivity contribution in [1.29, 1.82) is 0 Å². The second-order valence-electron chi connectivity index (χ2n) is 6.60.